The Morgan fingerprint density at radius 3 is 2.72 bits per heavy atom. The number of aromatic nitrogens is 1. The molecule has 1 amide bonds. The maximum Gasteiger partial charge on any atom is 0.272 e. The van der Waals surface area contributed by atoms with Crippen molar-refractivity contribution in [1.29, 1.82) is 0 Å². The highest BCUT2D eigenvalue weighted by Crippen LogP contribution is 2.38. The van der Waals surface area contributed by atoms with Gasteiger partial charge in [0.25, 0.3) is 5.91 Å². The van der Waals surface area contributed by atoms with Gasteiger partial charge in [0.1, 0.15) is 11.5 Å². The molecule has 2 heterocycles. The zero-order valence-electron chi connectivity index (χ0n) is 10.7. The zero-order valence-corrected chi connectivity index (χ0v) is 10.7. The number of fused-ring (bicyclic) bond motifs is 1. The number of amides is 1. The third kappa shape index (κ3) is 1.96. The second-order valence-corrected chi connectivity index (χ2v) is 5.32. The Labute approximate surface area is 107 Å². The van der Waals surface area contributed by atoms with Crippen LogP contribution in [0, 0.1) is 11.8 Å². The van der Waals surface area contributed by atoms with Gasteiger partial charge in [0.2, 0.25) is 0 Å². The molecule has 1 saturated heterocycles. The van der Waals surface area contributed by atoms with Gasteiger partial charge in [0.05, 0.1) is 0 Å². The van der Waals surface area contributed by atoms with E-state index in [1.807, 2.05) is 24.1 Å². The summed E-state index contributed by atoms with van der Waals surface area (Å²) in [4.78, 5) is 18.7. The standard InChI is InChI=1S/C14H19N3O/c1-15-13-7-3-6-12(16-13)14(18)17-8-10-4-2-5-11(10)9-17/h3,6-7,10-11H,2,4-5,8-9H2,1H3,(H,15,16). The number of rotatable bonds is 2. The quantitative estimate of drug-likeness (QED) is 0.866. The molecule has 1 saturated carbocycles. The van der Waals surface area contributed by atoms with Crippen LogP contribution in [0.25, 0.3) is 0 Å². The maximum absolute atomic E-state index is 12.4. The molecule has 18 heavy (non-hydrogen) atoms. The summed E-state index contributed by atoms with van der Waals surface area (Å²) in [6.45, 7) is 1.85. The first-order valence-corrected chi connectivity index (χ1v) is 6.72. The highest BCUT2D eigenvalue weighted by atomic mass is 16.2. The van der Waals surface area contributed by atoms with Crippen LogP contribution in [-0.2, 0) is 0 Å². The van der Waals surface area contributed by atoms with E-state index in [9.17, 15) is 4.79 Å². The molecule has 4 nitrogen and oxygen atoms in total. The lowest BCUT2D eigenvalue weighted by Gasteiger charge is -2.17. The summed E-state index contributed by atoms with van der Waals surface area (Å²) in [5.74, 6) is 2.31. The molecular formula is C14H19N3O. The summed E-state index contributed by atoms with van der Waals surface area (Å²) in [7, 11) is 1.82. The second kappa shape index (κ2) is 4.59. The first-order chi connectivity index (χ1) is 8.78. The lowest BCUT2D eigenvalue weighted by Crippen LogP contribution is -2.30. The first-order valence-electron chi connectivity index (χ1n) is 6.72. The molecule has 0 bridgehead atoms. The molecule has 2 atom stereocenters. The molecule has 2 aliphatic rings. The monoisotopic (exact) mass is 245 g/mol. The summed E-state index contributed by atoms with van der Waals surface area (Å²) in [6.07, 6.45) is 3.92. The van der Waals surface area contributed by atoms with Crippen molar-refractivity contribution in [2.75, 3.05) is 25.5 Å². The van der Waals surface area contributed by atoms with Gasteiger partial charge in [-0.05, 0) is 36.8 Å². The fourth-order valence-electron chi connectivity index (χ4n) is 3.26. The van der Waals surface area contributed by atoms with Crippen LogP contribution >= 0.6 is 0 Å². The molecule has 96 valence electrons. The Morgan fingerprint density at radius 2 is 2.06 bits per heavy atom. The summed E-state index contributed by atoms with van der Waals surface area (Å²) in [6, 6.07) is 5.55. The maximum atomic E-state index is 12.4. The highest BCUT2D eigenvalue weighted by molar-refractivity contribution is 5.92. The van der Waals surface area contributed by atoms with E-state index in [1.54, 1.807) is 6.07 Å². The van der Waals surface area contributed by atoms with Crippen molar-refractivity contribution >= 4 is 11.7 Å². The van der Waals surface area contributed by atoms with Crippen molar-refractivity contribution < 1.29 is 4.79 Å². The van der Waals surface area contributed by atoms with Crippen molar-refractivity contribution in [3.8, 4) is 0 Å². The van der Waals surface area contributed by atoms with E-state index in [0.29, 0.717) is 5.69 Å². The predicted molar refractivity (Wildman–Crippen MR) is 70.5 cm³/mol. The van der Waals surface area contributed by atoms with E-state index < -0.39 is 0 Å². The SMILES string of the molecule is CNc1cccc(C(=O)N2CC3CCCC3C2)n1. The average molecular weight is 245 g/mol. The van der Waals surface area contributed by atoms with Gasteiger partial charge in [-0.1, -0.05) is 12.5 Å². The number of likely N-dealkylation sites (tertiary alicyclic amines) is 1. The third-order valence-electron chi connectivity index (χ3n) is 4.24. The third-order valence-corrected chi connectivity index (χ3v) is 4.24. The zero-order chi connectivity index (χ0) is 12.5. The number of nitrogens with one attached hydrogen (secondary N) is 1. The average Bonchev–Trinajstić information content (AvgIpc) is 2.98. The van der Waals surface area contributed by atoms with Crippen LogP contribution in [0.4, 0.5) is 5.82 Å². The molecule has 0 radical (unpaired) electrons. The second-order valence-electron chi connectivity index (χ2n) is 5.32. The minimum absolute atomic E-state index is 0.0847. The van der Waals surface area contributed by atoms with E-state index in [-0.39, 0.29) is 5.91 Å². The van der Waals surface area contributed by atoms with Crippen molar-refractivity contribution in [2.24, 2.45) is 11.8 Å². The molecule has 1 aliphatic carbocycles. The number of anilines is 1. The van der Waals surface area contributed by atoms with Crippen molar-refractivity contribution in [3.63, 3.8) is 0 Å². The summed E-state index contributed by atoms with van der Waals surface area (Å²) in [5.41, 5.74) is 0.557. The first kappa shape index (κ1) is 11.5. The number of carbonyl (C=O) groups is 1. The van der Waals surface area contributed by atoms with Crippen LogP contribution in [-0.4, -0.2) is 35.9 Å². The van der Waals surface area contributed by atoms with Crippen molar-refractivity contribution in [3.05, 3.63) is 23.9 Å². The Bertz CT molecular complexity index is 448. The van der Waals surface area contributed by atoms with Crippen LogP contribution in [0.3, 0.4) is 0 Å². The van der Waals surface area contributed by atoms with Gasteiger partial charge in [-0.25, -0.2) is 4.98 Å². The molecule has 4 heteroatoms. The van der Waals surface area contributed by atoms with Crippen LogP contribution in [0.15, 0.2) is 18.2 Å². The van der Waals surface area contributed by atoms with Gasteiger partial charge in [-0.15, -0.1) is 0 Å². The fraction of sp³-hybridized carbons (Fsp3) is 0.571. The molecule has 2 unspecified atom stereocenters. The Hall–Kier alpha value is -1.58. The Kier molecular flexibility index (Phi) is 2.94. The molecule has 0 spiro atoms. The lowest BCUT2D eigenvalue weighted by molar-refractivity contribution is 0.0775. The molecular weight excluding hydrogens is 226 g/mol. The lowest BCUT2D eigenvalue weighted by atomic mass is 10.0. The fourth-order valence-corrected chi connectivity index (χ4v) is 3.26. The molecule has 2 fully saturated rings. The van der Waals surface area contributed by atoms with Crippen molar-refractivity contribution in [2.45, 2.75) is 19.3 Å². The van der Waals surface area contributed by atoms with E-state index in [1.165, 1.54) is 19.3 Å². The minimum atomic E-state index is 0.0847. The Morgan fingerprint density at radius 1 is 1.33 bits per heavy atom. The highest BCUT2D eigenvalue weighted by Gasteiger charge is 2.38. The van der Waals surface area contributed by atoms with Crippen molar-refractivity contribution in [1.82, 2.24) is 9.88 Å². The van der Waals surface area contributed by atoms with Gasteiger partial charge >= 0.3 is 0 Å². The van der Waals surface area contributed by atoms with E-state index in [4.69, 9.17) is 0 Å². The summed E-state index contributed by atoms with van der Waals surface area (Å²) < 4.78 is 0. The van der Waals surface area contributed by atoms with Crippen LogP contribution < -0.4 is 5.32 Å². The minimum Gasteiger partial charge on any atom is -0.373 e. The molecule has 1 aliphatic heterocycles. The largest absolute Gasteiger partial charge is 0.373 e. The molecule has 3 rings (SSSR count). The molecule has 0 aromatic carbocycles. The van der Waals surface area contributed by atoms with E-state index in [2.05, 4.69) is 10.3 Å². The smallest absolute Gasteiger partial charge is 0.272 e. The normalized spacial score (nSPS) is 26.2. The topological polar surface area (TPSA) is 45.2 Å². The van der Waals surface area contributed by atoms with Crippen LogP contribution in [0.1, 0.15) is 29.8 Å². The number of nitrogens with zero attached hydrogens (tertiary/aromatic N) is 2. The van der Waals surface area contributed by atoms with Crippen LogP contribution in [0.5, 0.6) is 0 Å². The summed E-state index contributed by atoms with van der Waals surface area (Å²) in [5, 5.41) is 2.97. The molecule has 1 aromatic heterocycles. The van der Waals surface area contributed by atoms with Gasteiger partial charge < -0.3 is 10.2 Å². The number of hydrogen-bond acceptors (Lipinski definition) is 3. The Balaban J connectivity index is 1.74. The van der Waals surface area contributed by atoms with Crippen LogP contribution in [0.2, 0.25) is 0 Å². The number of hydrogen-bond donors (Lipinski definition) is 1. The predicted octanol–water partition coefficient (Wildman–Crippen LogP) is 2.00. The molecule has 1 N–H and O–H groups in total. The van der Waals surface area contributed by atoms with E-state index in [0.717, 1.165) is 30.7 Å². The van der Waals surface area contributed by atoms with Gasteiger partial charge in [0, 0.05) is 20.1 Å². The molecule has 1 aromatic rings. The van der Waals surface area contributed by atoms with Gasteiger partial charge in [0.15, 0.2) is 0 Å². The summed E-state index contributed by atoms with van der Waals surface area (Å²) >= 11 is 0. The van der Waals surface area contributed by atoms with Gasteiger partial charge in [-0.2, -0.15) is 0 Å². The number of pyridine rings is 1. The van der Waals surface area contributed by atoms with E-state index >= 15 is 0 Å². The van der Waals surface area contributed by atoms with Gasteiger partial charge in [-0.3, -0.25) is 4.79 Å². The number of carbonyl (C=O) groups excluding carboxylic acids is 1.